The topological polar surface area (TPSA) is 58.6 Å². The number of methoxy groups -OCH3 is 1. The van der Waals surface area contributed by atoms with Crippen molar-refractivity contribution in [3.05, 3.63) is 29.3 Å². The second kappa shape index (κ2) is 9.56. The van der Waals surface area contributed by atoms with E-state index in [1.807, 2.05) is 6.07 Å². The molecule has 5 nitrogen and oxygen atoms in total. The summed E-state index contributed by atoms with van der Waals surface area (Å²) < 4.78 is 4.80. The van der Waals surface area contributed by atoms with E-state index in [4.69, 9.17) is 4.74 Å². The van der Waals surface area contributed by atoms with Crippen LogP contribution in [0, 0.1) is 0 Å². The zero-order valence-electron chi connectivity index (χ0n) is 15.6. The summed E-state index contributed by atoms with van der Waals surface area (Å²) in [7, 11) is 1.41. The number of nitrogens with zero attached hydrogens (tertiary/aromatic N) is 1. The smallest absolute Gasteiger partial charge is 0.307 e. The van der Waals surface area contributed by atoms with Crippen LogP contribution in [0.5, 0.6) is 0 Å². The first kappa shape index (κ1) is 19.4. The molecule has 1 aliphatic rings. The molecule has 138 valence electrons. The van der Waals surface area contributed by atoms with Crippen LogP contribution in [0.25, 0.3) is 0 Å². The number of aryl methyl sites for hydroxylation is 2. The number of benzene rings is 1. The highest BCUT2D eigenvalue weighted by molar-refractivity contribution is 5.94. The molecule has 0 saturated carbocycles. The number of rotatable bonds is 7. The predicted molar refractivity (Wildman–Crippen MR) is 99.7 cm³/mol. The Morgan fingerprint density at radius 3 is 2.48 bits per heavy atom. The molecule has 5 heteroatoms. The quantitative estimate of drug-likeness (QED) is 0.771. The Morgan fingerprint density at radius 2 is 1.88 bits per heavy atom. The van der Waals surface area contributed by atoms with Gasteiger partial charge in [-0.1, -0.05) is 38.5 Å². The summed E-state index contributed by atoms with van der Waals surface area (Å²) in [6.45, 7) is 5.37. The third kappa shape index (κ3) is 5.30. The molecule has 0 bridgehead atoms. The van der Waals surface area contributed by atoms with Crippen molar-refractivity contribution in [1.29, 1.82) is 0 Å². The molecular formula is C20H30N2O3. The lowest BCUT2D eigenvalue weighted by Gasteiger charge is -2.34. The molecule has 0 aromatic heterocycles. The number of hydrogen-bond donors (Lipinski definition) is 1. The van der Waals surface area contributed by atoms with E-state index in [9.17, 15) is 9.59 Å². The van der Waals surface area contributed by atoms with Crippen molar-refractivity contribution in [2.24, 2.45) is 0 Å². The number of para-hydroxylation sites is 1. The van der Waals surface area contributed by atoms with E-state index in [0.717, 1.165) is 55.5 Å². The highest BCUT2D eigenvalue weighted by atomic mass is 16.5. The molecule has 1 aromatic carbocycles. The van der Waals surface area contributed by atoms with Crippen LogP contribution in [0.15, 0.2) is 18.2 Å². The Kier molecular flexibility index (Phi) is 7.44. The maximum absolute atomic E-state index is 12.6. The van der Waals surface area contributed by atoms with Gasteiger partial charge in [-0.3, -0.25) is 14.5 Å². The van der Waals surface area contributed by atoms with Crippen LogP contribution in [0.3, 0.4) is 0 Å². The van der Waals surface area contributed by atoms with Crippen molar-refractivity contribution in [1.82, 2.24) is 4.90 Å². The lowest BCUT2D eigenvalue weighted by molar-refractivity contribution is -0.142. The number of ether oxygens (including phenoxy) is 1. The maximum atomic E-state index is 12.6. The van der Waals surface area contributed by atoms with Crippen molar-refractivity contribution in [2.75, 3.05) is 25.5 Å². The SMILES string of the molecule is CCc1cccc(CC)c1NC(=O)CN1CCCC[C@@H]1CC(=O)OC. The van der Waals surface area contributed by atoms with Gasteiger partial charge in [0.1, 0.15) is 0 Å². The Bertz CT molecular complexity index is 578. The monoisotopic (exact) mass is 346 g/mol. The Morgan fingerprint density at radius 1 is 1.20 bits per heavy atom. The molecule has 1 saturated heterocycles. The second-order valence-electron chi connectivity index (χ2n) is 6.61. The molecule has 0 aliphatic carbocycles. The van der Waals surface area contributed by atoms with E-state index in [1.54, 1.807) is 0 Å². The number of carbonyl (C=O) groups is 2. The van der Waals surface area contributed by atoms with E-state index in [2.05, 4.69) is 36.2 Å². The predicted octanol–water partition coefficient (Wildman–Crippen LogP) is 3.17. The lowest BCUT2D eigenvalue weighted by Crippen LogP contribution is -2.45. The summed E-state index contributed by atoms with van der Waals surface area (Å²) in [5.41, 5.74) is 3.29. The van der Waals surface area contributed by atoms with Gasteiger partial charge in [-0.25, -0.2) is 0 Å². The summed E-state index contributed by atoms with van der Waals surface area (Å²) in [6.07, 6.45) is 5.23. The molecular weight excluding hydrogens is 316 g/mol. The van der Waals surface area contributed by atoms with Gasteiger partial charge in [-0.05, 0) is 43.4 Å². The number of likely N-dealkylation sites (tertiary alicyclic amines) is 1. The second-order valence-corrected chi connectivity index (χ2v) is 6.61. The number of hydrogen-bond acceptors (Lipinski definition) is 4. The molecule has 1 atom stereocenters. The average Bonchev–Trinajstić information content (AvgIpc) is 2.63. The molecule has 0 radical (unpaired) electrons. The van der Waals surface area contributed by atoms with Gasteiger partial charge in [-0.15, -0.1) is 0 Å². The van der Waals surface area contributed by atoms with Gasteiger partial charge in [0.25, 0.3) is 0 Å². The molecule has 0 unspecified atom stereocenters. The molecule has 1 N–H and O–H groups in total. The van der Waals surface area contributed by atoms with Gasteiger partial charge in [0.2, 0.25) is 5.91 Å². The summed E-state index contributed by atoms with van der Waals surface area (Å²) in [4.78, 5) is 26.4. The fourth-order valence-electron chi connectivity index (χ4n) is 3.54. The molecule has 1 aliphatic heterocycles. The van der Waals surface area contributed by atoms with Crippen LogP contribution in [0.2, 0.25) is 0 Å². The fourth-order valence-corrected chi connectivity index (χ4v) is 3.54. The van der Waals surface area contributed by atoms with E-state index < -0.39 is 0 Å². The highest BCUT2D eigenvalue weighted by Gasteiger charge is 2.27. The van der Waals surface area contributed by atoms with Crippen molar-refractivity contribution in [3.63, 3.8) is 0 Å². The maximum Gasteiger partial charge on any atom is 0.307 e. The minimum Gasteiger partial charge on any atom is -0.469 e. The van der Waals surface area contributed by atoms with E-state index in [1.165, 1.54) is 7.11 Å². The minimum atomic E-state index is -0.207. The van der Waals surface area contributed by atoms with Gasteiger partial charge < -0.3 is 10.1 Å². The molecule has 1 fully saturated rings. The van der Waals surface area contributed by atoms with E-state index >= 15 is 0 Å². The first-order chi connectivity index (χ1) is 12.1. The van der Waals surface area contributed by atoms with Crippen molar-refractivity contribution in [3.8, 4) is 0 Å². The summed E-state index contributed by atoms with van der Waals surface area (Å²) in [5.74, 6) is -0.214. The van der Waals surface area contributed by atoms with E-state index in [-0.39, 0.29) is 17.9 Å². The largest absolute Gasteiger partial charge is 0.469 e. The average molecular weight is 346 g/mol. The fraction of sp³-hybridized carbons (Fsp3) is 0.600. The number of amides is 1. The summed E-state index contributed by atoms with van der Waals surface area (Å²) in [6, 6.07) is 6.27. The summed E-state index contributed by atoms with van der Waals surface area (Å²) in [5, 5.41) is 3.12. The van der Waals surface area contributed by atoms with Crippen molar-refractivity contribution < 1.29 is 14.3 Å². The van der Waals surface area contributed by atoms with Crippen molar-refractivity contribution >= 4 is 17.6 Å². The van der Waals surface area contributed by atoms with Crippen LogP contribution >= 0.6 is 0 Å². The van der Waals surface area contributed by atoms with Gasteiger partial charge in [-0.2, -0.15) is 0 Å². The van der Waals surface area contributed by atoms with Crippen LogP contribution < -0.4 is 5.32 Å². The third-order valence-electron chi connectivity index (χ3n) is 4.99. The van der Waals surface area contributed by atoms with E-state index in [0.29, 0.717) is 13.0 Å². The van der Waals surface area contributed by atoms with Crippen LogP contribution in [0.1, 0.15) is 50.7 Å². The Labute approximate surface area is 150 Å². The summed E-state index contributed by atoms with van der Waals surface area (Å²) >= 11 is 0. The molecule has 1 amide bonds. The highest BCUT2D eigenvalue weighted by Crippen LogP contribution is 2.24. The third-order valence-corrected chi connectivity index (χ3v) is 4.99. The number of carbonyl (C=O) groups excluding carboxylic acids is 2. The first-order valence-corrected chi connectivity index (χ1v) is 9.30. The van der Waals surface area contributed by atoms with Crippen LogP contribution in [0.4, 0.5) is 5.69 Å². The van der Waals surface area contributed by atoms with Crippen molar-refractivity contribution in [2.45, 2.75) is 58.4 Å². The zero-order valence-corrected chi connectivity index (χ0v) is 15.6. The number of nitrogens with one attached hydrogen (secondary N) is 1. The molecule has 25 heavy (non-hydrogen) atoms. The number of piperidine rings is 1. The van der Waals surface area contributed by atoms with Gasteiger partial charge in [0.15, 0.2) is 0 Å². The zero-order chi connectivity index (χ0) is 18.2. The molecule has 1 heterocycles. The first-order valence-electron chi connectivity index (χ1n) is 9.30. The van der Waals surface area contributed by atoms with Crippen LogP contribution in [-0.2, 0) is 27.2 Å². The van der Waals surface area contributed by atoms with Gasteiger partial charge in [0, 0.05) is 11.7 Å². The minimum absolute atomic E-state index is 0.00707. The Hall–Kier alpha value is -1.88. The number of anilines is 1. The normalized spacial score (nSPS) is 18.0. The van der Waals surface area contributed by atoms with Gasteiger partial charge >= 0.3 is 5.97 Å². The molecule has 1 aromatic rings. The standard InChI is InChI=1S/C20H30N2O3/c1-4-15-9-8-10-16(5-2)20(15)21-18(23)14-22-12-7-6-11-17(22)13-19(24)25-3/h8-10,17H,4-7,11-14H2,1-3H3,(H,21,23)/t17-/m1/s1. The Balaban J connectivity index is 2.04. The molecule has 2 rings (SSSR count). The lowest BCUT2D eigenvalue weighted by atomic mass is 9.99. The van der Waals surface area contributed by atoms with Crippen LogP contribution in [-0.4, -0.2) is 43.0 Å². The molecule has 0 spiro atoms. The van der Waals surface area contributed by atoms with Gasteiger partial charge in [0.05, 0.1) is 20.1 Å². The number of esters is 1.